The van der Waals surface area contributed by atoms with E-state index in [1.54, 1.807) is 13.1 Å². The first-order valence-corrected chi connectivity index (χ1v) is 7.07. The number of thiazole rings is 1. The quantitative estimate of drug-likeness (QED) is 0.902. The molecular formula is C13H13ClFN3OS. The largest absolute Gasteiger partial charge is 0.378 e. The van der Waals surface area contributed by atoms with Gasteiger partial charge in [0.15, 0.2) is 4.47 Å². The maximum Gasteiger partial charge on any atom is 0.221 e. The summed E-state index contributed by atoms with van der Waals surface area (Å²) in [4.78, 5) is 16.1. The predicted octanol–water partition coefficient (Wildman–Crippen LogP) is 3.81. The van der Waals surface area contributed by atoms with Gasteiger partial charge in [-0.05, 0) is 24.6 Å². The molecule has 0 bridgehead atoms. The lowest BCUT2D eigenvalue weighted by atomic mass is 10.1. The number of hydrogen-bond acceptors (Lipinski definition) is 4. The minimum absolute atomic E-state index is 0.205. The number of aromatic nitrogens is 1. The third-order valence-electron chi connectivity index (χ3n) is 2.58. The van der Waals surface area contributed by atoms with Crippen LogP contribution in [0.15, 0.2) is 18.3 Å². The molecule has 20 heavy (non-hydrogen) atoms. The molecule has 0 aliphatic carbocycles. The Hall–Kier alpha value is -1.66. The summed E-state index contributed by atoms with van der Waals surface area (Å²) in [6.07, 6.45) is 1.66. The van der Waals surface area contributed by atoms with Gasteiger partial charge in [-0.15, -0.1) is 11.3 Å². The van der Waals surface area contributed by atoms with E-state index in [0.29, 0.717) is 27.9 Å². The summed E-state index contributed by atoms with van der Waals surface area (Å²) in [5.41, 5.74) is 1.77. The molecule has 2 rings (SSSR count). The van der Waals surface area contributed by atoms with Crippen molar-refractivity contribution in [2.45, 2.75) is 20.4 Å². The maximum absolute atomic E-state index is 13.5. The number of nitrogens with zero attached hydrogens (tertiary/aromatic N) is 1. The van der Waals surface area contributed by atoms with Crippen molar-refractivity contribution in [1.82, 2.24) is 4.98 Å². The van der Waals surface area contributed by atoms with Gasteiger partial charge in [-0.2, -0.15) is 0 Å². The molecule has 0 unspecified atom stereocenters. The number of carbonyl (C=O) groups is 1. The van der Waals surface area contributed by atoms with E-state index in [1.165, 1.54) is 30.4 Å². The Morgan fingerprint density at radius 2 is 2.25 bits per heavy atom. The second-order valence-corrected chi connectivity index (χ2v) is 5.96. The van der Waals surface area contributed by atoms with E-state index in [0.717, 1.165) is 4.88 Å². The smallest absolute Gasteiger partial charge is 0.221 e. The number of benzene rings is 1. The van der Waals surface area contributed by atoms with Gasteiger partial charge in [0.25, 0.3) is 0 Å². The summed E-state index contributed by atoms with van der Waals surface area (Å²) in [5.74, 6) is -0.565. The topological polar surface area (TPSA) is 54.0 Å². The molecule has 4 nitrogen and oxygen atoms in total. The summed E-state index contributed by atoms with van der Waals surface area (Å²) in [5, 5.41) is 5.79. The van der Waals surface area contributed by atoms with Gasteiger partial charge in [-0.3, -0.25) is 4.79 Å². The van der Waals surface area contributed by atoms with Crippen molar-refractivity contribution in [2.24, 2.45) is 0 Å². The zero-order chi connectivity index (χ0) is 14.7. The van der Waals surface area contributed by atoms with Gasteiger partial charge in [0, 0.05) is 18.0 Å². The number of rotatable bonds is 4. The molecule has 0 radical (unpaired) electrons. The van der Waals surface area contributed by atoms with E-state index >= 15 is 0 Å². The van der Waals surface area contributed by atoms with Crippen molar-refractivity contribution in [3.63, 3.8) is 0 Å². The van der Waals surface area contributed by atoms with Crippen LogP contribution in [0.25, 0.3) is 0 Å². The van der Waals surface area contributed by atoms with Crippen LogP contribution in [0.1, 0.15) is 17.4 Å². The highest BCUT2D eigenvalue weighted by Crippen LogP contribution is 2.28. The Morgan fingerprint density at radius 3 is 2.85 bits per heavy atom. The lowest BCUT2D eigenvalue weighted by Crippen LogP contribution is -2.11. The summed E-state index contributed by atoms with van der Waals surface area (Å²) in [7, 11) is 0. The van der Waals surface area contributed by atoms with Gasteiger partial charge >= 0.3 is 0 Å². The number of anilines is 2. The molecule has 0 fully saturated rings. The average Bonchev–Trinajstić information content (AvgIpc) is 2.76. The standard InChI is InChI=1S/C13H13ClFN3OS/c1-7-3-9(15)4-11(12(7)18-8(2)19)16-5-10-6-17-13(14)20-10/h3-4,6,16H,5H2,1-2H3,(H,18,19). The summed E-state index contributed by atoms with van der Waals surface area (Å²) in [6, 6.07) is 2.72. The van der Waals surface area contributed by atoms with E-state index in [1.807, 2.05) is 0 Å². The molecule has 0 spiro atoms. The second-order valence-electron chi connectivity index (χ2n) is 4.26. The molecule has 0 saturated carbocycles. The molecule has 7 heteroatoms. The first kappa shape index (κ1) is 14.7. The van der Waals surface area contributed by atoms with Crippen molar-refractivity contribution < 1.29 is 9.18 Å². The van der Waals surface area contributed by atoms with Crippen LogP contribution in [0.2, 0.25) is 4.47 Å². The maximum atomic E-state index is 13.5. The number of hydrogen-bond donors (Lipinski definition) is 2. The average molecular weight is 314 g/mol. The van der Waals surface area contributed by atoms with E-state index in [4.69, 9.17) is 11.6 Å². The fourth-order valence-corrected chi connectivity index (χ4v) is 2.69. The Morgan fingerprint density at radius 1 is 1.50 bits per heavy atom. The Kier molecular flexibility index (Phi) is 4.57. The molecule has 1 aromatic carbocycles. The van der Waals surface area contributed by atoms with E-state index in [-0.39, 0.29) is 11.7 Å². The Bertz CT molecular complexity index is 645. The lowest BCUT2D eigenvalue weighted by molar-refractivity contribution is -0.114. The first-order chi connectivity index (χ1) is 9.45. The van der Waals surface area contributed by atoms with Crippen LogP contribution in [0.5, 0.6) is 0 Å². The number of nitrogens with one attached hydrogen (secondary N) is 2. The van der Waals surface area contributed by atoms with Crippen LogP contribution >= 0.6 is 22.9 Å². The third-order valence-corrected chi connectivity index (χ3v) is 3.69. The van der Waals surface area contributed by atoms with Crippen LogP contribution in [-0.4, -0.2) is 10.9 Å². The minimum Gasteiger partial charge on any atom is -0.378 e. The predicted molar refractivity (Wildman–Crippen MR) is 79.9 cm³/mol. The van der Waals surface area contributed by atoms with Gasteiger partial charge in [0.2, 0.25) is 5.91 Å². The molecule has 0 aliphatic heterocycles. The summed E-state index contributed by atoms with van der Waals surface area (Å²) < 4.78 is 13.9. The number of amides is 1. The van der Waals surface area contributed by atoms with Crippen LogP contribution in [0.4, 0.5) is 15.8 Å². The highest BCUT2D eigenvalue weighted by atomic mass is 35.5. The number of carbonyl (C=O) groups excluding carboxylic acids is 1. The molecule has 1 aromatic heterocycles. The zero-order valence-electron chi connectivity index (χ0n) is 11.0. The van der Waals surface area contributed by atoms with Crippen molar-refractivity contribution in [3.8, 4) is 0 Å². The van der Waals surface area contributed by atoms with Gasteiger partial charge in [-0.1, -0.05) is 11.6 Å². The van der Waals surface area contributed by atoms with Crippen LogP contribution < -0.4 is 10.6 Å². The normalized spacial score (nSPS) is 10.4. The van der Waals surface area contributed by atoms with Crippen molar-refractivity contribution in [1.29, 1.82) is 0 Å². The molecule has 0 atom stereocenters. The minimum atomic E-state index is -0.360. The summed E-state index contributed by atoms with van der Waals surface area (Å²) >= 11 is 7.10. The third kappa shape index (κ3) is 3.68. The van der Waals surface area contributed by atoms with Crippen molar-refractivity contribution in [3.05, 3.63) is 39.1 Å². The lowest BCUT2D eigenvalue weighted by Gasteiger charge is -2.14. The van der Waals surface area contributed by atoms with Gasteiger partial charge < -0.3 is 10.6 Å². The van der Waals surface area contributed by atoms with Crippen molar-refractivity contribution in [2.75, 3.05) is 10.6 Å². The first-order valence-electron chi connectivity index (χ1n) is 5.87. The van der Waals surface area contributed by atoms with Crippen molar-refractivity contribution >= 4 is 40.2 Å². The Labute approximate surface area is 125 Å². The number of halogens is 2. The molecule has 2 aromatic rings. The highest BCUT2D eigenvalue weighted by Gasteiger charge is 2.10. The fraction of sp³-hybridized carbons (Fsp3) is 0.231. The highest BCUT2D eigenvalue weighted by molar-refractivity contribution is 7.15. The second kappa shape index (κ2) is 6.19. The van der Waals surface area contributed by atoms with Gasteiger partial charge in [0.1, 0.15) is 5.82 Å². The van der Waals surface area contributed by atoms with E-state index in [9.17, 15) is 9.18 Å². The molecule has 106 valence electrons. The molecule has 1 heterocycles. The van der Waals surface area contributed by atoms with Crippen LogP contribution in [0, 0.1) is 12.7 Å². The summed E-state index contributed by atoms with van der Waals surface area (Å²) in [6.45, 7) is 3.61. The van der Waals surface area contributed by atoms with E-state index < -0.39 is 0 Å². The Balaban J connectivity index is 2.22. The SMILES string of the molecule is CC(=O)Nc1c(C)cc(F)cc1NCc1cnc(Cl)s1. The molecule has 1 amide bonds. The fourth-order valence-electron chi connectivity index (χ4n) is 1.77. The monoisotopic (exact) mass is 313 g/mol. The molecular weight excluding hydrogens is 301 g/mol. The number of aryl methyl sites for hydroxylation is 1. The van der Waals surface area contributed by atoms with Gasteiger partial charge in [-0.25, -0.2) is 9.37 Å². The molecule has 0 saturated heterocycles. The van der Waals surface area contributed by atoms with E-state index in [2.05, 4.69) is 15.6 Å². The van der Waals surface area contributed by atoms with Crippen LogP contribution in [0.3, 0.4) is 0 Å². The molecule has 2 N–H and O–H groups in total. The zero-order valence-corrected chi connectivity index (χ0v) is 12.5. The molecule has 0 aliphatic rings. The van der Waals surface area contributed by atoms with Crippen LogP contribution in [-0.2, 0) is 11.3 Å². The van der Waals surface area contributed by atoms with Gasteiger partial charge in [0.05, 0.1) is 17.9 Å².